The van der Waals surface area contributed by atoms with Crippen LogP contribution in [0.5, 0.6) is 5.75 Å². The van der Waals surface area contributed by atoms with E-state index in [0.29, 0.717) is 33.6 Å². The summed E-state index contributed by atoms with van der Waals surface area (Å²) in [7, 11) is 1.29. The van der Waals surface area contributed by atoms with Crippen LogP contribution in [0.1, 0.15) is 5.56 Å². The fraction of sp³-hybridized carbons (Fsp3) is 0.0769. The van der Waals surface area contributed by atoms with Crippen molar-refractivity contribution in [1.29, 1.82) is 0 Å². The van der Waals surface area contributed by atoms with Gasteiger partial charge < -0.3 is 13.9 Å². The number of para-hydroxylation sites is 1. The first-order valence-corrected chi connectivity index (χ1v) is 11.4. The highest BCUT2D eigenvalue weighted by Gasteiger charge is 2.16. The number of ether oxygens (including phenoxy) is 2. The predicted molar refractivity (Wildman–Crippen MR) is 136 cm³/mol. The summed E-state index contributed by atoms with van der Waals surface area (Å²) in [6.45, 7) is -0.211. The highest BCUT2D eigenvalue weighted by molar-refractivity contribution is 9.10. The molecule has 5 rings (SSSR count). The van der Waals surface area contributed by atoms with E-state index in [9.17, 15) is 9.59 Å². The zero-order chi connectivity index (χ0) is 24.4. The number of hydrogen-bond donors (Lipinski definition) is 0. The number of hydrogen-bond acceptors (Lipinski definition) is 7. The number of methoxy groups -OCH3 is 1. The fourth-order valence-corrected chi connectivity index (χ4v) is 3.90. The lowest BCUT2D eigenvalue weighted by Gasteiger charge is -2.08. The Labute approximate surface area is 207 Å². The zero-order valence-corrected chi connectivity index (χ0v) is 20.1. The van der Waals surface area contributed by atoms with Gasteiger partial charge in [0.15, 0.2) is 12.4 Å². The minimum atomic E-state index is -0.486. The number of benzene rings is 3. The van der Waals surface area contributed by atoms with E-state index in [1.807, 2.05) is 30.3 Å². The van der Waals surface area contributed by atoms with Gasteiger partial charge in [0.1, 0.15) is 11.3 Å². The van der Waals surface area contributed by atoms with Crippen molar-refractivity contribution >= 4 is 50.0 Å². The van der Waals surface area contributed by atoms with Crippen LogP contribution in [0.25, 0.3) is 33.5 Å². The molecule has 5 aromatic rings. The molecule has 2 heterocycles. The van der Waals surface area contributed by atoms with E-state index in [1.165, 1.54) is 18.0 Å². The lowest BCUT2D eigenvalue weighted by atomic mass is 10.2. The maximum atomic E-state index is 13.4. The minimum absolute atomic E-state index is 0.211. The number of aromatic nitrogens is 2. The Hall–Kier alpha value is -4.24. The number of carbonyl (C=O) groups excluding carboxylic acids is 1. The van der Waals surface area contributed by atoms with Crippen LogP contribution >= 0.6 is 15.9 Å². The van der Waals surface area contributed by atoms with Gasteiger partial charge in [-0.2, -0.15) is 9.78 Å². The van der Waals surface area contributed by atoms with E-state index in [-0.39, 0.29) is 18.0 Å². The quantitative estimate of drug-likeness (QED) is 0.226. The molecule has 0 aliphatic carbocycles. The smallest absolute Gasteiger partial charge is 0.343 e. The van der Waals surface area contributed by atoms with Gasteiger partial charge >= 0.3 is 5.97 Å². The number of esters is 1. The van der Waals surface area contributed by atoms with Crippen molar-refractivity contribution < 1.29 is 18.7 Å². The molecule has 0 amide bonds. The number of rotatable bonds is 6. The van der Waals surface area contributed by atoms with Crippen LogP contribution < -0.4 is 10.3 Å². The van der Waals surface area contributed by atoms with Crippen LogP contribution in [0.2, 0.25) is 0 Å². The molecule has 0 spiro atoms. The van der Waals surface area contributed by atoms with Gasteiger partial charge in [0.2, 0.25) is 5.82 Å². The second-order valence-corrected chi connectivity index (χ2v) is 8.46. The third kappa shape index (κ3) is 4.71. The van der Waals surface area contributed by atoms with E-state index in [2.05, 4.69) is 30.8 Å². The molecule has 0 atom stereocenters. The highest BCUT2D eigenvalue weighted by atomic mass is 79.9. The molecular weight excluding hydrogens is 514 g/mol. The van der Waals surface area contributed by atoms with E-state index in [1.54, 1.807) is 42.5 Å². The van der Waals surface area contributed by atoms with Crippen LogP contribution in [0.4, 0.5) is 0 Å². The van der Waals surface area contributed by atoms with Crippen LogP contribution in [-0.4, -0.2) is 35.6 Å². The van der Waals surface area contributed by atoms with Crippen LogP contribution in [0.15, 0.2) is 91.6 Å². The molecule has 8 nitrogen and oxygen atoms in total. The van der Waals surface area contributed by atoms with Crippen molar-refractivity contribution in [1.82, 2.24) is 9.66 Å². The molecule has 3 aromatic carbocycles. The Kier molecular flexibility index (Phi) is 6.15. The first-order chi connectivity index (χ1) is 17.0. The van der Waals surface area contributed by atoms with Crippen LogP contribution in [0, 0.1) is 0 Å². The zero-order valence-electron chi connectivity index (χ0n) is 18.5. The molecule has 0 radical (unpaired) electrons. The molecule has 0 saturated carbocycles. The molecule has 0 saturated heterocycles. The van der Waals surface area contributed by atoms with Gasteiger partial charge in [-0.05, 0) is 54.1 Å². The van der Waals surface area contributed by atoms with Crippen molar-refractivity contribution in [3.8, 4) is 17.3 Å². The third-order valence-corrected chi connectivity index (χ3v) is 5.71. The average Bonchev–Trinajstić information content (AvgIpc) is 3.30. The summed E-state index contributed by atoms with van der Waals surface area (Å²) in [5.74, 6) is 0.662. The molecule has 0 unspecified atom stereocenters. The second kappa shape index (κ2) is 9.55. The normalized spacial score (nSPS) is 11.4. The topological polar surface area (TPSA) is 95.9 Å². The summed E-state index contributed by atoms with van der Waals surface area (Å²) >= 11 is 3.46. The molecule has 2 aromatic heterocycles. The Bertz CT molecular complexity index is 1650. The molecule has 0 fully saturated rings. The first-order valence-electron chi connectivity index (χ1n) is 10.6. The number of halogens is 1. The number of furan rings is 1. The summed E-state index contributed by atoms with van der Waals surface area (Å²) in [6.07, 6.45) is 1.52. The van der Waals surface area contributed by atoms with Crippen molar-refractivity contribution in [2.24, 2.45) is 5.10 Å². The summed E-state index contributed by atoms with van der Waals surface area (Å²) in [5.41, 5.74) is 1.53. The molecule has 0 N–H and O–H groups in total. The van der Waals surface area contributed by atoms with E-state index in [0.717, 1.165) is 9.86 Å². The third-order valence-electron chi connectivity index (χ3n) is 5.22. The Morgan fingerprint density at radius 2 is 1.97 bits per heavy atom. The predicted octanol–water partition coefficient (Wildman–Crippen LogP) is 5.01. The molecule has 0 aliphatic rings. The second-order valence-electron chi connectivity index (χ2n) is 7.54. The molecule has 35 heavy (non-hydrogen) atoms. The van der Waals surface area contributed by atoms with Gasteiger partial charge in [0, 0.05) is 9.86 Å². The first kappa shape index (κ1) is 22.5. The van der Waals surface area contributed by atoms with Gasteiger partial charge in [-0.15, -0.1) is 0 Å². The van der Waals surface area contributed by atoms with Gasteiger partial charge in [0.25, 0.3) is 5.56 Å². The molecule has 174 valence electrons. The molecule has 9 heteroatoms. The van der Waals surface area contributed by atoms with Crippen molar-refractivity contribution in [2.75, 3.05) is 13.7 Å². The summed E-state index contributed by atoms with van der Waals surface area (Å²) < 4.78 is 18.2. The van der Waals surface area contributed by atoms with Crippen molar-refractivity contribution in [3.05, 3.63) is 93.2 Å². The average molecular weight is 532 g/mol. The standard InChI is InChI=1S/C26H18BrN3O5/c1-33-24(31)15-34-19-6-4-5-16(11-19)14-28-30-25(29-21-8-3-2-7-20(21)26(30)32)23-13-17-12-18(27)9-10-22(17)35-23/h2-14H,15H2,1H3. The summed E-state index contributed by atoms with van der Waals surface area (Å²) in [4.78, 5) is 29.4. The lowest BCUT2D eigenvalue weighted by Crippen LogP contribution is -2.20. The van der Waals surface area contributed by atoms with E-state index >= 15 is 0 Å². The summed E-state index contributed by atoms with van der Waals surface area (Å²) in [6, 6.07) is 21.5. The minimum Gasteiger partial charge on any atom is -0.482 e. The van der Waals surface area contributed by atoms with Gasteiger partial charge in [0.05, 0.1) is 24.2 Å². The van der Waals surface area contributed by atoms with Crippen LogP contribution in [0.3, 0.4) is 0 Å². The monoisotopic (exact) mass is 531 g/mol. The Morgan fingerprint density at radius 3 is 2.83 bits per heavy atom. The SMILES string of the molecule is COC(=O)COc1cccc(C=Nn2c(-c3cc4cc(Br)ccc4o3)nc3ccccc3c2=O)c1. The Morgan fingerprint density at radius 1 is 1.11 bits per heavy atom. The van der Waals surface area contributed by atoms with Crippen LogP contribution in [-0.2, 0) is 9.53 Å². The molecule has 0 bridgehead atoms. The fourth-order valence-electron chi connectivity index (χ4n) is 3.52. The Balaban J connectivity index is 1.59. The summed E-state index contributed by atoms with van der Waals surface area (Å²) in [5, 5.41) is 5.74. The number of fused-ring (bicyclic) bond motifs is 2. The molecular formula is C26H18BrN3O5. The lowest BCUT2D eigenvalue weighted by molar-refractivity contribution is -0.142. The van der Waals surface area contributed by atoms with Crippen molar-refractivity contribution in [2.45, 2.75) is 0 Å². The maximum Gasteiger partial charge on any atom is 0.343 e. The van der Waals surface area contributed by atoms with Crippen molar-refractivity contribution in [3.63, 3.8) is 0 Å². The van der Waals surface area contributed by atoms with Gasteiger partial charge in [-0.3, -0.25) is 4.79 Å². The van der Waals surface area contributed by atoms with Gasteiger partial charge in [-0.25, -0.2) is 9.78 Å². The highest BCUT2D eigenvalue weighted by Crippen LogP contribution is 2.29. The molecule has 0 aliphatic heterocycles. The number of carbonyl (C=O) groups is 1. The van der Waals surface area contributed by atoms with E-state index in [4.69, 9.17) is 9.15 Å². The largest absolute Gasteiger partial charge is 0.482 e. The maximum absolute atomic E-state index is 13.4. The van der Waals surface area contributed by atoms with E-state index < -0.39 is 5.97 Å². The number of nitrogens with zero attached hydrogens (tertiary/aromatic N) is 3. The van der Waals surface area contributed by atoms with Gasteiger partial charge in [-0.1, -0.05) is 40.2 Å².